The molecule has 0 saturated carbocycles. The van der Waals surface area contributed by atoms with Gasteiger partial charge in [0.1, 0.15) is 0 Å². The average Bonchev–Trinajstić information content (AvgIpc) is 2.35. The Kier molecular flexibility index (Phi) is 4.90. The third kappa shape index (κ3) is 4.75. The molecule has 108 valence electrons. The Bertz CT molecular complexity index is 521. The maximum atomic E-state index is 12.3. The number of anilines is 1. The number of esters is 1. The molecular formula is C13H12F3NO3. The molecule has 0 aliphatic carbocycles. The summed E-state index contributed by atoms with van der Waals surface area (Å²) >= 11 is 0. The Morgan fingerprint density at radius 2 is 1.80 bits per heavy atom. The van der Waals surface area contributed by atoms with Crippen LogP contribution in [0, 0.1) is 0 Å². The Balaban J connectivity index is 2.55. The van der Waals surface area contributed by atoms with Gasteiger partial charge in [0, 0.05) is 11.3 Å². The molecule has 4 nitrogen and oxygen atoms in total. The van der Waals surface area contributed by atoms with Gasteiger partial charge in [-0.25, -0.2) is 4.79 Å². The van der Waals surface area contributed by atoms with Crippen LogP contribution in [0.4, 0.5) is 18.9 Å². The van der Waals surface area contributed by atoms with E-state index in [1.165, 1.54) is 6.92 Å². The van der Waals surface area contributed by atoms with Crippen molar-refractivity contribution in [3.8, 4) is 0 Å². The van der Waals surface area contributed by atoms with Crippen molar-refractivity contribution in [2.45, 2.75) is 13.1 Å². The fourth-order valence-electron chi connectivity index (χ4n) is 1.19. The van der Waals surface area contributed by atoms with Crippen LogP contribution in [0.2, 0.25) is 0 Å². The van der Waals surface area contributed by atoms with Crippen molar-refractivity contribution in [1.82, 2.24) is 0 Å². The molecule has 0 bridgehead atoms. The highest BCUT2D eigenvalue weighted by Gasteiger charge is 2.29. The van der Waals surface area contributed by atoms with Gasteiger partial charge in [-0.15, -0.1) is 0 Å². The lowest BCUT2D eigenvalue weighted by atomic mass is 10.2. The first-order chi connectivity index (χ1) is 9.20. The summed E-state index contributed by atoms with van der Waals surface area (Å²) in [5.41, 5.74) is -0.495. The summed E-state index contributed by atoms with van der Waals surface area (Å²) < 4.78 is 41.5. The molecule has 0 heterocycles. The van der Waals surface area contributed by atoms with Gasteiger partial charge in [0.15, 0.2) is 6.61 Å². The molecule has 0 saturated heterocycles. The number of carbonyl (C=O) groups is 2. The largest absolute Gasteiger partial charge is 0.452 e. The number of hydrogen-bond acceptors (Lipinski definition) is 3. The molecule has 0 aliphatic rings. The van der Waals surface area contributed by atoms with Crippen molar-refractivity contribution < 1.29 is 27.5 Å². The van der Waals surface area contributed by atoms with Crippen LogP contribution in [0.15, 0.2) is 36.4 Å². The van der Waals surface area contributed by atoms with Crippen molar-refractivity contribution >= 4 is 17.6 Å². The van der Waals surface area contributed by atoms with Gasteiger partial charge >= 0.3 is 12.1 Å². The molecule has 1 aromatic carbocycles. The van der Waals surface area contributed by atoms with E-state index in [-0.39, 0.29) is 11.3 Å². The zero-order valence-electron chi connectivity index (χ0n) is 10.6. The molecule has 20 heavy (non-hydrogen) atoms. The topological polar surface area (TPSA) is 55.4 Å². The Morgan fingerprint density at radius 1 is 1.25 bits per heavy atom. The fourth-order valence-corrected chi connectivity index (χ4v) is 1.19. The molecule has 1 N–H and O–H groups in total. The van der Waals surface area contributed by atoms with E-state index in [4.69, 9.17) is 0 Å². The zero-order chi connectivity index (χ0) is 15.3. The minimum atomic E-state index is -4.43. The van der Waals surface area contributed by atoms with Gasteiger partial charge in [0.2, 0.25) is 0 Å². The number of alkyl halides is 3. The van der Waals surface area contributed by atoms with Crippen LogP contribution in [0.1, 0.15) is 12.5 Å². The second-order valence-electron chi connectivity index (χ2n) is 3.98. The SMILES string of the molecule is C=C(C)C(=O)OCC(=O)Nc1ccc(C(F)(F)F)cc1. The first kappa shape index (κ1) is 15.7. The summed E-state index contributed by atoms with van der Waals surface area (Å²) in [6, 6.07) is 3.91. The summed E-state index contributed by atoms with van der Waals surface area (Å²) in [7, 11) is 0. The monoisotopic (exact) mass is 287 g/mol. The number of amides is 1. The Labute approximate surface area is 113 Å². The molecule has 0 aromatic heterocycles. The molecule has 1 amide bonds. The smallest absolute Gasteiger partial charge is 0.416 e. The van der Waals surface area contributed by atoms with E-state index in [2.05, 4.69) is 16.6 Å². The normalized spacial score (nSPS) is 10.8. The molecule has 7 heteroatoms. The van der Waals surface area contributed by atoms with Crippen LogP contribution in [-0.2, 0) is 20.5 Å². The molecule has 0 spiro atoms. The summed E-state index contributed by atoms with van der Waals surface area (Å²) in [6.07, 6.45) is -4.43. The van der Waals surface area contributed by atoms with Crippen LogP contribution in [0.5, 0.6) is 0 Å². The minimum Gasteiger partial charge on any atom is -0.452 e. The van der Waals surface area contributed by atoms with Gasteiger partial charge in [-0.3, -0.25) is 4.79 Å². The van der Waals surface area contributed by atoms with E-state index >= 15 is 0 Å². The summed E-state index contributed by atoms with van der Waals surface area (Å²) in [5.74, 6) is -1.37. The summed E-state index contributed by atoms with van der Waals surface area (Å²) in [6.45, 7) is 4.23. The Hall–Kier alpha value is -2.31. The Morgan fingerprint density at radius 3 is 2.25 bits per heavy atom. The highest BCUT2D eigenvalue weighted by atomic mass is 19.4. The van der Waals surface area contributed by atoms with Crippen LogP contribution >= 0.6 is 0 Å². The third-order valence-electron chi connectivity index (χ3n) is 2.18. The molecule has 0 atom stereocenters. The molecule has 0 radical (unpaired) electrons. The maximum absolute atomic E-state index is 12.3. The van der Waals surface area contributed by atoms with E-state index in [0.29, 0.717) is 0 Å². The molecule has 0 aliphatic heterocycles. The van der Waals surface area contributed by atoms with E-state index in [0.717, 1.165) is 24.3 Å². The van der Waals surface area contributed by atoms with Crippen LogP contribution in [-0.4, -0.2) is 18.5 Å². The summed E-state index contributed by atoms with van der Waals surface area (Å²) in [5, 5.41) is 2.30. The van der Waals surface area contributed by atoms with Gasteiger partial charge in [0.05, 0.1) is 5.56 Å². The summed E-state index contributed by atoms with van der Waals surface area (Å²) in [4.78, 5) is 22.4. The lowest BCUT2D eigenvalue weighted by molar-refractivity contribution is -0.143. The van der Waals surface area contributed by atoms with Gasteiger partial charge < -0.3 is 10.1 Å². The quantitative estimate of drug-likeness (QED) is 0.684. The van der Waals surface area contributed by atoms with Crippen molar-refractivity contribution in [3.63, 3.8) is 0 Å². The van der Waals surface area contributed by atoms with Gasteiger partial charge in [0.25, 0.3) is 5.91 Å². The number of nitrogens with one attached hydrogen (secondary N) is 1. The molecule has 1 rings (SSSR count). The molecule has 0 unspecified atom stereocenters. The van der Waals surface area contributed by atoms with Crippen LogP contribution in [0.3, 0.4) is 0 Å². The van der Waals surface area contributed by atoms with Crippen LogP contribution < -0.4 is 5.32 Å². The third-order valence-corrected chi connectivity index (χ3v) is 2.18. The average molecular weight is 287 g/mol. The van der Waals surface area contributed by atoms with Gasteiger partial charge in [-0.1, -0.05) is 6.58 Å². The van der Waals surface area contributed by atoms with Gasteiger partial charge in [-0.2, -0.15) is 13.2 Å². The molecule has 1 aromatic rings. The maximum Gasteiger partial charge on any atom is 0.416 e. The van der Waals surface area contributed by atoms with E-state index in [9.17, 15) is 22.8 Å². The van der Waals surface area contributed by atoms with Crippen molar-refractivity contribution in [1.29, 1.82) is 0 Å². The fraction of sp³-hybridized carbons (Fsp3) is 0.231. The van der Waals surface area contributed by atoms with Crippen LogP contribution in [0.25, 0.3) is 0 Å². The van der Waals surface area contributed by atoms with E-state index < -0.39 is 30.2 Å². The zero-order valence-corrected chi connectivity index (χ0v) is 10.6. The minimum absolute atomic E-state index is 0.146. The number of rotatable bonds is 4. The molecule has 0 fully saturated rings. The second-order valence-corrected chi connectivity index (χ2v) is 3.98. The number of hydrogen-bond donors (Lipinski definition) is 1. The lowest BCUT2D eigenvalue weighted by Gasteiger charge is -2.09. The van der Waals surface area contributed by atoms with E-state index in [1.54, 1.807) is 0 Å². The molecular weight excluding hydrogens is 275 g/mol. The highest BCUT2D eigenvalue weighted by molar-refractivity contribution is 5.94. The van der Waals surface area contributed by atoms with Gasteiger partial charge in [-0.05, 0) is 31.2 Å². The number of halogens is 3. The standard InChI is InChI=1S/C13H12F3NO3/c1-8(2)12(19)20-7-11(18)17-10-5-3-9(4-6-10)13(14,15)16/h3-6H,1,7H2,2H3,(H,17,18). The number of benzene rings is 1. The number of ether oxygens (including phenoxy) is 1. The predicted molar refractivity (Wildman–Crippen MR) is 65.8 cm³/mol. The first-order valence-electron chi connectivity index (χ1n) is 5.50. The van der Waals surface area contributed by atoms with Crippen molar-refractivity contribution in [2.75, 3.05) is 11.9 Å². The highest BCUT2D eigenvalue weighted by Crippen LogP contribution is 2.29. The van der Waals surface area contributed by atoms with E-state index in [1.807, 2.05) is 0 Å². The lowest BCUT2D eigenvalue weighted by Crippen LogP contribution is -2.21. The van der Waals surface area contributed by atoms with Crippen molar-refractivity contribution in [2.24, 2.45) is 0 Å². The second kappa shape index (κ2) is 6.23. The van der Waals surface area contributed by atoms with Crippen molar-refractivity contribution in [3.05, 3.63) is 42.0 Å². The number of carbonyl (C=O) groups excluding carboxylic acids is 2. The predicted octanol–water partition coefficient (Wildman–Crippen LogP) is 2.76. The first-order valence-corrected chi connectivity index (χ1v) is 5.50.